The van der Waals surface area contributed by atoms with Crippen LogP contribution in [0.15, 0.2) is 18.7 Å². The van der Waals surface area contributed by atoms with Crippen molar-refractivity contribution in [2.45, 2.75) is 50.7 Å². The van der Waals surface area contributed by atoms with E-state index in [1.54, 1.807) is 12.5 Å². The van der Waals surface area contributed by atoms with Crippen LogP contribution in [0.1, 0.15) is 39.2 Å². The lowest BCUT2D eigenvalue weighted by Crippen LogP contribution is -2.53. The van der Waals surface area contributed by atoms with Crippen LogP contribution >= 0.6 is 0 Å². The van der Waals surface area contributed by atoms with Crippen molar-refractivity contribution in [1.29, 1.82) is 0 Å². The molecule has 5 heteroatoms. The molecule has 2 rings (SSSR count). The van der Waals surface area contributed by atoms with Crippen molar-refractivity contribution in [3.05, 3.63) is 18.7 Å². The smallest absolute Gasteiger partial charge is 0.323 e. The van der Waals surface area contributed by atoms with Crippen LogP contribution in [0.5, 0.6) is 0 Å². The summed E-state index contributed by atoms with van der Waals surface area (Å²) in [5.41, 5.74) is -0.775. The van der Waals surface area contributed by atoms with Gasteiger partial charge in [-0.3, -0.25) is 10.1 Å². The van der Waals surface area contributed by atoms with Crippen molar-refractivity contribution in [1.82, 2.24) is 14.9 Å². The number of hydrogen-bond acceptors (Lipinski definition) is 3. The lowest BCUT2D eigenvalue weighted by atomic mass is 9.96. The molecule has 1 saturated carbocycles. The van der Waals surface area contributed by atoms with E-state index in [1.807, 2.05) is 24.6 Å². The van der Waals surface area contributed by atoms with Gasteiger partial charge in [0.2, 0.25) is 0 Å². The first-order chi connectivity index (χ1) is 8.03. The fourth-order valence-corrected chi connectivity index (χ4v) is 2.70. The Morgan fingerprint density at radius 1 is 1.65 bits per heavy atom. The molecule has 2 unspecified atom stereocenters. The van der Waals surface area contributed by atoms with Crippen molar-refractivity contribution < 1.29 is 9.90 Å². The highest BCUT2D eigenvalue weighted by Crippen LogP contribution is 2.38. The third-order valence-electron chi connectivity index (χ3n) is 3.41. The van der Waals surface area contributed by atoms with Gasteiger partial charge in [-0.15, -0.1) is 0 Å². The van der Waals surface area contributed by atoms with Gasteiger partial charge in [-0.05, 0) is 33.1 Å². The number of imidazole rings is 1. The summed E-state index contributed by atoms with van der Waals surface area (Å²) in [5.74, 6) is -0.742. The van der Waals surface area contributed by atoms with Crippen molar-refractivity contribution in [2.75, 3.05) is 0 Å². The molecule has 94 valence electrons. The van der Waals surface area contributed by atoms with Crippen LogP contribution in [0.4, 0.5) is 0 Å². The third-order valence-corrected chi connectivity index (χ3v) is 3.41. The maximum absolute atomic E-state index is 11.5. The zero-order chi connectivity index (χ0) is 12.5. The van der Waals surface area contributed by atoms with E-state index in [0.717, 1.165) is 6.42 Å². The predicted octanol–water partition coefficient (Wildman–Crippen LogP) is 1.43. The third kappa shape index (κ3) is 2.34. The molecule has 17 heavy (non-hydrogen) atoms. The van der Waals surface area contributed by atoms with Crippen LogP contribution in [0.3, 0.4) is 0 Å². The normalized spacial score (nSPS) is 28.8. The van der Waals surface area contributed by atoms with Gasteiger partial charge in [0, 0.05) is 24.5 Å². The van der Waals surface area contributed by atoms with Crippen molar-refractivity contribution in [3.8, 4) is 0 Å². The fraction of sp³-hybridized carbons (Fsp3) is 0.667. The van der Waals surface area contributed by atoms with Crippen molar-refractivity contribution >= 4 is 5.97 Å². The minimum Gasteiger partial charge on any atom is -0.480 e. The Kier molecular flexibility index (Phi) is 3.19. The molecule has 0 bridgehead atoms. The second-order valence-electron chi connectivity index (χ2n) is 5.09. The molecule has 1 aromatic rings. The first-order valence-corrected chi connectivity index (χ1v) is 6.02. The number of aromatic nitrogens is 2. The summed E-state index contributed by atoms with van der Waals surface area (Å²) >= 11 is 0. The maximum atomic E-state index is 11.5. The van der Waals surface area contributed by atoms with Gasteiger partial charge in [0.25, 0.3) is 0 Å². The second kappa shape index (κ2) is 4.49. The highest BCUT2D eigenvalue weighted by atomic mass is 16.4. The van der Waals surface area contributed by atoms with Crippen LogP contribution < -0.4 is 5.32 Å². The fourth-order valence-electron chi connectivity index (χ4n) is 2.70. The number of carboxylic acids is 1. The molecule has 5 nitrogen and oxygen atoms in total. The molecule has 1 aliphatic rings. The molecule has 0 radical (unpaired) electrons. The van der Waals surface area contributed by atoms with Crippen LogP contribution in [0.25, 0.3) is 0 Å². The van der Waals surface area contributed by atoms with E-state index in [0.29, 0.717) is 12.8 Å². The zero-order valence-electron chi connectivity index (χ0n) is 10.3. The largest absolute Gasteiger partial charge is 0.480 e. The molecule has 0 aromatic carbocycles. The number of hydrogen-bond donors (Lipinski definition) is 2. The van der Waals surface area contributed by atoms with E-state index in [-0.39, 0.29) is 12.1 Å². The number of rotatable bonds is 4. The number of aliphatic carboxylic acids is 1. The first kappa shape index (κ1) is 12.1. The highest BCUT2D eigenvalue weighted by Gasteiger charge is 2.46. The Labute approximate surface area is 101 Å². The summed E-state index contributed by atoms with van der Waals surface area (Å²) in [5, 5.41) is 12.7. The SMILES string of the molecule is CC(C)NC1(C(=O)O)CCC(n2ccnc2)C1. The summed E-state index contributed by atoms with van der Waals surface area (Å²) in [6.45, 7) is 3.96. The van der Waals surface area contributed by atoms with E-state index in [4.69, 9.17) is 0 Å². The van der Waals surface area contributed by atoms with E-state index >= 15 is 0 Å². The molecule has 0 aliphatic heterocycles. The van der Waals surface area contributed by atoms with Gasteiger partial charge in [0.05, 0.1) is 6.33 Å². The maximum Gasteiger partial charge on any atom is 0.323 e. The molecule has 1 fully saturated rings. The lowest BCUT2D eigenvalue weighted by molar-refractivity contribution is -0.145. The minimum atomic E-state index is -0.775. The topological polar surface area (TPSA) is 67.2 Å². The molecule has 0 saturated heterocycles. The number of carbonyl (C=O) groups is 1. The van der Waals surface area contributed by atoms with E-state index in [9.17, 15) is 9.90 Å². The molecule has 1 aliphatic carbocycles. The molecule has 2 N–H and O–H groups in total. The van der Waals surface area contributed by atoms with Crippen molar-refractivity contribution in [3.63, 3.8) is 0 Å². The Morgan fingerprint density at radius 2 is 2.41 bits per heavy atom. The summed E-state index contributed by atoms with van der Waals surface area (Å²) in [4.78, 5) is 15.5. The van der Waals surface area contributed by atoms with E-state index in [2.05, 4.69) is 10.3 Å². The Morgan fingerprint density at radius 3 is 2.94 bits per heavy atom. The summed E-state index contributed by atoms with van der Waals surface area (Å²) in [6.07, 6.45) is 7.56. The van der Waals surface area contributed by atoms with Crippen molar-refractivity contribution in [2.24, 2.45) is 0 Å². The van der Waals surface area contributed by atoms with Crippen LogP contribution in [0, 0.1) is 0 Å². The molecule has 2 atom stereocenters. The van der Waals surface area contributed by atoms with Gasteiger partial charge < -0.3 is 9.67 Å². The number of nitrogens with zero attached hydrogens (tertiary/aromatic N) is 2. The zero-order valence-corrected chi connectivity index (χ0v) is 10.3. The Hall–Kier alpha value is -1.36. The average Bonchev–Trinajstić information content (AvgIpc) is 2.84. The van der Waals surface area contributed by atoms with Gasteiger partial charge in [-0.25, -0.2) is 4.98 Å². The quantitative estimate of drug-likeness (QED) is 0.831. The summed E-state index contributed by atoms with van der Waals surface area (Å²) in [7, 11) is 0. The molecular weight excluding hydrogens is 218 g/mol. The second-order valence-corrected chi connectivity index (χ2v) is 5.09. The van der Waals surface area contributed by atoms with Gasteiger partial charge in [0.1, 0.15) is 5.54 Å². The number of nitrogens with one attached hydrogen (secondary N) is 1. The molecule has 0 spiro atoms. The first-order valence-electron chi connectivity index (χ1n) is 6.02. The van der Waals surface area contributed by atoms with E-state index in [1.165, 1.54) is 0 Å². The minimum absolute atomic E-state index is 0.174. The Balaban J connectivity index is 2.14. The Bertz CT molecular complexity index is 388. The highest BCUT2D eigenvalue weighted by molar-refractivity contribution is 5.79. The lowest BCUT2D eigenvalue weighted by Gasteiger charge is -2.28. The molecular formula is C12H19N3O2. The summed E-state index contributed by atoms with van der Waals surface area (Å²) in [6, 6.07) is 0.410. The monoisotopic (exact) mass is 237 g/mol. The van der Waals surface area contributed by atoms with Gasteiger partial charge in [-0.1, -0.05) is 0 Å². The van der Waals surface area contributed by atoms with Gasteiger partial charge in [-0.2, -0.15) is 0 Å². The molecule has 0 amide bonds. The standard InChI is InChI=1S/C12H19N3O2/c1-9(2)14-12(11(16)17)4-3-10(7-12)15-6-5-13-8-15/h5-6,8-10,14H,3-4,7H2,1-2H3,(H,16,17). The predicted molar refractivity (Wildman–Crippen MR) is 63.8 cm³/mol. The summed E-state index contributed by atoms with van der Waals surface area (Å²) < 4.78 is 2.01. The van der Waals surface area contributed by atoms with Crippen LogP contribution in [0.2, 0.25) is 0 Å². The average molecular weight is 237 g/mol. The molecule has 1 heterocycles. The van der Waals surface area contributed by atoms with Gasteiger partial charge >= 0.3 is 5.97 Å². The van der Waals surface area contributed by atoms with Crippen LogP contribution in [-0.2, 0) is 4.79 Å². The van der Waals surface area contributed by atoms with E-state index < -0.39 is 11.5 Å². The van der Waals surface area contributed by atoms with Crippen LogP contribution in [-0.4, -0.2) is 32.2 Å². The molecule has 1 aromatic heterocycles. The van der Waals surface area contributed by atoms with Gasteiger partial charge in [0.15, 0.2) is 0 Å². The number of carboxylic acid groups (broad SMARTS) is 1.